The van der Waals surface area contributed by atoms with Crippen LogP contribution in [0.3, 0.4) is 0 Å². The van der Waals surface area contributed by atoms with Gasteiger partial charge in [-0.3, -0.25) is 9.59 Å². The Morgan fingerprint density at radius 1 is 1.19 bits per heavy atom. The molecule has 0 unspecified atom stereocenters. The van der Waals surface area contributed by atoms with Gasteiger partial charge in [0.25, 0.3) is 0 Å². The summed E-state index contributed by atoms with van der Waals surface area (Å²) in [6.45, 7) is 4.38. The minimum atomic E-state index is -1.26. The zero-order chi connectivity index (χ0) is 16.2. The van der Waals surface area contributed by atoms with Gasteiger partial charge in [0.05, 0.1) is 6.42 Å². The molecule has 0 aromatic heterocycles. The van der Waals surface area contributed by atoms with Crippen molar-refractivity contribution in [2.24, 2.45) is 0 Å². The van der Waals surface area contributed by atoms with E-state index in [4.69, 9.17) is 5.11 Å². The van der Waals surface area contributed by atoms with Crippen molar-refractivity contribution in [3.8, 4) is 0 Å². The average Bonchev–Trinajstić information content (AvgIpc) is 2.39. The van der Waals surface area contributed by atoms with Gasteiger partial charge in [-0.2, -0.15) is 0 Å². The van der Waals surface area contributed by atoms with Crippen LogP contribution in [0.2, 0.25) is 0 Å². The van der Waals surface area contributed by atoms with E-state index in [9.17, 15) is 14.4 Å². The van der Waals surface area contributed by atoms with Crippen LogP contribution in [-0.4, -0.2) is 40.4 Å². The monoisotopic (exact) mass is 292 g/mol. The van der Waals surface area contributed by atoms with E-state index in [0.717, 1.165) is 5.56 Å². The second-order valence-electron chi connectivity index (χ2n) is 5.37. The van der Waals surface area contributed by atoms with Crippen LogP contribution in [0.1, 0.15) is 26.3 Å². The topological polar surface area (TPSA) is 86.7 Å². The van der Waals surface area contributed by atoms with Crippen LogP contribution in [0.4, 0.5) is 5.69 Å². The minimum Gasteiger partial charge on any atom is -0.480 e. The Labute approximate surface area is 123 Å². The molecule has 0 bridgehead atoms. The molecule has 0 aliphatic carbocycles. The Hall–Kier alpha value is -2.37. The molecular weight excluding hydrogens is 272 g/mol. The van der Waals surface area contributed by atoms with Gasteiger partial charge in [0.1, 0.15) is 5.54 Å². The normalized spacial score (nSPS) is 10.9. The summed E-state index contributed by atoms with van der Waals surface area (Å²) >= 11 is 0. The second kappa shape index (κ2) is 6.39. The summed E-state index contributed by atoms with van der Waals surface area (Å²) in [6, 6.07) is 6.86. The van der Waals surface area contributed by atoms with Crippen molar-refractivity contribution in [1.29, 1.82) is 0 Å². The van der Waals surface area contributed by atoms with Gasteiger partial charge in [0.2, 0.25) is 11.8 Å². The second-order valence-corrected chi connectivity index (χ2v) is 5.37. The quantitative estimate of drug-likeness (QED) is 0.861. The maximum atomic E-state index is 12.1. The average molecular weight is 292 g/mol. The summed E-state index contributed by atoms with van der Waals surface area (Å²) in [7, 11) is 1.47. The molecule has 0 fully saturated rings. The van der Waals surface area contributed by atoms with Gasteiger partial charge >= 0.3 is 5.97 Å². The summed E-state index contributed by atoms with van der Waals surface area (Å²) in [6.07, 6.45) is 0.105. The van der Waals surface area contributed by atoms with Gasteiger partial charge in [0, 0.05) is 19.7 Å². The van der Waals surface area contributed by atoms with E-state index < -0.39 is 11.5 Å². The molecule has 0 heterocycles. The molecule has 21 heavy (non-hydrogen) atoms. The summed E-state index contributed by atoms with van der Waals surface area (Å²) in [5, 5.41) is 11.7. The third-order valence-corrected chi connectivity index (χ3v) is 3.37. The zero-order valence-corrected chi connectivity index (χ0v) is 12.6. The maximum absolute atomic E-state index is 12.1. The summed E-state index contributed by atoms with van der Waals surface area (Å²) in [5.74, 6) is -1.50. The lowest BCUT2D eigenvalue weighted by molar-refractivity contribution is -0.155. The number of carboxylic acid groups (broad SMARTS) is 1. The third-order valence-electron chi connectivity index (χ3n) is 3.37. The number of carbonyl (C=O) groups is 3. The highest BCUT2D eigenvalue weighted by Gasteiger charge is 2.34. The predicted octanol–water partition coefficient (Wildman–Crippen LogP) is 1.51. The lowest BCUT2D eigenvalue weighted by Crippen LogP contribution is -2.51. The van der Waals surface area contributed by atoms with Crippen LogP contribution in [0.5, 0.6) is 0 Å². The minimum absolute atomic E-state index is 0.105. The first kappa shape index (κ1) is 16.7. The van der Waals surface area contributed by atoms with Crippen LogP contribution in [0.25, 0.3) is 0 Å². The van der Waals surface area contributed by atoms with E-state index in [2.05, 4.69) is 5.32 Å². The summed E-state index contributed by atoms with van der Waals surface area (Å²) < 4.78 is 0. The Morgan fingerprint density at radius 3 is 2.14 bits per heavy atom. The molecule has 1 aromatic carbocycles. The van der Waals surface area contributed by atoms with Gasteiger partial charge in [-0.05, 0) is 31.5 Å². The highest BCUT2D eigenvalue weighted by Crippen LogP contribution is 2.16. The number of benzene rings is 1. The van der Waals surface area contributed by atoms with Gasteiger partial charge in [0.15, 0.2) is 0 Å². The number of anilines is 1. The fourth-order valence-electron chi connectivity index (χ4n) is 1.66. The molecule has 0 atom stereocenters. The number of likely N-dealkylation sites (N-methyl/N-ethyl adjacent to an activating group) is 1. The molecule has 114 valence electrons. The molecule has 1 rings (SSSR count). The van der Waals surface area contributed by atoms with Crippen LogP contribution in [0, 0.1) is 0 Å². The molecule has 2 N–H and O–H groups in total. The van der Waals surface area contributed by atoms with E-state index in [-0.39, 0.29) is 18.2 Å². The van der Waals surface area contributed by atoms with Gasteiger partial charge in [-0.25, -0.2) is 4.79 Å². The van der Waals surface area contributed by atoms with Crippen molar-refractivity contribution in [1.82, 2.24) is 4.90 Å². The molecule has 2 amide bonds. The smallest absolute Gasteiger partial charge is 0.329 e. The van der Waals surface area contributed by atoms with Crippen molar-refractivity contribution in [2.75, 3.05) is 12.4 Å². The largest absolute Gasteiger partial charge is 0.480 e. The Bertz CT molecular complexity index is 549. The van der Waals surface area contributed by atoms with E-state index in [1.165, 1.54) is 32.7 Å². The first-order valence-electron chi connectivity index (χ1n) is 6.51. The molecule has 0 spiro atoms. The van der Waals surface area contributed by atoms with E-state index >= 15 is 0 Å². The molecule has 0 radical (unpaired) electrons. The van der Waals surface area contributed by atoms with E-state index in [1.807, 2.05) is 0 Å². The van der Waals surface area contributed by atoms with Gasteiger partial charge in [-0.1, -0.05) is 12.1 Å². The van der Waals surface area contributed by atoms with E-state index in [1.54, 1.807) is 24.3 Å². The number of hydrogen-bond donors (Lipinski definition) is 2. The SMILES string of the molecule is CC(=O)Nc1ccc(CC(=O)N(C)C(C)(C)C(=O)O)cc1. The standard InChI is InChI=1S/C15H20N2O4/c1-10(18)16-12-7-5-11(6-8-12)9-13(19)17(4)15(2,3)14(20)21/h5-8H,9H2,1-4H3,(H,16,18)(H,20,21). The van der Waals surface area contributed by atoms with Crippen molar-refractivity contribution < 1.29 is 19.5 Å². The van der Waals surface area contributed by atoms with Crippen LogP contribution < -0.4 is 5.32 Å². The van der Waals surface area contributed by atoms with Crippen LogP contribution in [-0.2, 0) is 20.8 Å². The van der Waals surface area contributed by atoms with Crippen LogP contribution >= 0.6 is 0 Å². The number of amides is 2. The Balaban J connectivity index is 2.75. The predicted molar refractivity (Wildman–Crippen MR) is 78.9 cm³/mol. The summed E-state index contributed by atoms with van der Waals surface area (Å²) in [4.78, 5) is 35.4. The lowest BCUT2D eigenvalue weighted by Gasteiger charge is -2.31. The molecule has 0 saturated heterocycles. The number of carbonyl (C=O) groups excluding carboxylic acids is 2. The van der Waals surface area contributed by atoms with Crippen molar-refractivity contribution in [2.45, 2.75) is 32.7 Å². The molecule has 0 aliphatic rings. The number of nitrogens with zero attached hydrogens (tertiary/aromatic N) is 1. The number of rotatable bonds is 5. The molecule has 0 aliphatic heterocycles. The fourth-order valence-corrected chi connectivity index (χ4v) is 1.66. The molecular formula is C15H20N2O4. The third kappa shape index (κ3) is 4.30. The van der Waals surface area contributed by atoms with Crippen molar-refractivity contribution in [3.05, 3.63) is 29.8 Å². The van der Waals surface area contributed by atoms with Gasteiger partial charge in [-0.15, -0.1) is 0 Å². The molecule has 6 nitrogen and oxygen atoms in total. The van der Waals surface area contributed by atoms with Crippen molar-refractivity contribution >= 4 is 23.5 Å². The number of hydrogen-bond acceptors (Lipinski definition) is 3. The summed E-state index contributed by atoms with van der Waals surface area (Å²) in [5.41, 5.74) is 0.146. The highest BCUT2D eigenvalue weighted by molar-refractivity contribution is 5.89. The maximum Gasteiger partial charge on any atom is 0.329 e. The first-order valence-corrected chi connectivity index (χ1v) is 6.51. The lowest BCUT2D eigenvalue weighted by atomic mass is 10.0. The number of carboxylic acids is 1. The van der Waals surface area contributed by atoms with Crippen molar-refractivity contribution in [3.63, 3.8) is 0 Å². The molecule has 1 aromatic rings. The number of aliphatic carboxylic acids is 1. The number of nitrogens with one attached hydrogen (secondary N) is 1. The molecule has 0 saturated carbocycles. The zero-order valence-electron chi connectivity index (χ0n) is 12.6. The fraction of sp³-hybridized carbons (Fsp3) is 0.400. The van der Waals surface area contributed by atoms with E-state index in [0.29, 0.717) is 5.69 Å². The van der Waals surface area contributed by atoms with Crippen LogP contribution in [0.15, 0.2) is 24.3 Å². The van der Waals surface area contributed by atoms with Gasteiger partial charge < -0.3 is 15.3 Å². The first-order chi connectivity index (χ1) is 9.64. The highest BCUT2D eigenvalue weighted by atomic mass is 16.4. The Kier molecular flexibility index (Phi) is 5.07. The molecule has 6 heteroatoms. The Morgan fingerprint density at radius 2 is 1.71 bits per heavy atom.